The van der Waals surface area contributed by atoms with Gasteiger partial charge in [0.25, 0.3) is 5.91 Å². The van der Waals surface area contributed by atoms with Gasteiger partial charge in [0.15, 0.2) is 0 Å². The molecule has 0 radical (unpaired) electrons. The van der Waals surface area contributed by atoms with Gasteiger partial charge in [-0.15, -0.1) is 0 Å². The predicted molar refractivity (Wildman–Crippen MR) is 75.0 cm³/mol. The Morgan fingerprint density at radius 1 is 1.43 bits per heavy atom. The fraction of sp³-hybridized carbons (Fsp3) is 0.385. The fourth-order valence-corrected chi connectivity index (χ4v) is 1.66. The molecule has 8 nitrogen and oxygen atoms in total. The minimum Gasteiger partial charge on any atom is -0.502 e. The third-order valence-electron chi connectivity index (χ3n) is 2.74. The van der Waals surface area contributed by atoms with Crippen molar-refractivity contribution in [2.75, 3.05) is 20.1 Å². The Morgan fingerprint density at radius 3 is 2.67 bits per heavy atom. The molecule has 1 aromatic carbocycles. The van der Waals surface area contributed by atoms with Crippen LogP contribution >= 0.6 is 0 Å². The second-order valence-corrected chi connectivity index (χ2v) is 4.44. The molecule has 8 heteroatoms. The minimum absolute atomic E-state index is 0.193. The number of phenols is 1. The fourth-order valence-electron chi connectivity index (χ4n) is 1.66. The molecule has 0 fully saturated rings. The minimum atomic E-state index is -0.778. The van der Waals surface area contributed by atoms with Crippen LogP contribution in [0, 0.1) is 10.1 Å². The van der Waals surface area contributed by atoms with E-state index in [1.807, 2.05) is 6.92 Å². The highest BCUT2D eigenvalue weighted by Gasteiger charge is 2.23. The van der Waals surface area contributed by atoms with Crippen molar-refractivity contribution in [2.45, 2.75) is 13.3 Å². The Balaban J connectivity index is 2.86. The second kappa shape index (κ2) is 7.22. The van der Waals surface area contributed by atoms with Crippen molar-refractivity contribution in [1.29, 1.82) is 0 Å². The summed E-state index contributed by atoms with van der Waals surface area (Å²) in [5, 5.41) is 23.1. The van der Waals surface area contributed by atoms with Crippen LogP contribution in [-0.4, -0.2) is 46.9 Å². The lowest BCUT2D eigenvalue weighted by Crippen LogP contribution is -2.38. The number of phenolic OH excluding ortho intramolecular Hbond substituents is 1. The molecule has 2 N–H and O–H groups in total. The number of nitro groups is 1. The molecular formula is C13H17N3O5. The quantitative estimate of drug-likeness (QED) is 0.598. The number of hydrogen-bond donors (Lipinski definition) is 2. The molecule has 21 heavy (non-hydrogen) atoms. The average Bonchev–Trinajstić information content (AvgIpc) is 2.44. The van der Waals surface area contributed by atoms with Gasteiger partial charge in [0.05, 0.1) is 17.0 Å². The highest BCUT2D eigenvalue weighted by atomic mass is 16.6. The first-order chi connectivity index (χ1) is 9.88. The van der Waals surface area contributed by atoms with E-state index in [9.17, 15) is 24.8 Å². The first-order valence-electron chi connectivity index (χ1n) is 6.37. The van der Waals surface area contributed by atoms with Crippen molar-refractivity contribution in [3.8, 4) is 5.75 Å². The van der Waals surface area contributed by atoms with Crippen molar-refractivity contribution >= 4 is 17.5 Å². The van der Waals surface area contributed by atoms with Crippen molar-refractivity contribution in [1.82, 2.24) is 10.2 Å². The van der Waals surface area contributed by atoms with Gasteiger partial charge in [0, 0.05) is 19.7 Å². The maximum atomic E-state index is 12.1. The smallest absolute Gasteiger partial charge is 0.311 e. The molecule has 2 amide bonds. The van der Waals surface area contributed by atoms with Gasteiger partial charge in [-0.2, -0.15) is 0 Å². The zero-order valence-electron chi connectivity index (χ0n) is 11.8. The summed E-state index contributed by atoms with van der Waals surface area (Å²) in [5.41, 5.74) is -0.764. The molecule has 0 heterocycles. The summed E-state index contributed by atoms with van der Waals surface area (Å²) in [7, 11) is 1.38. The van der Waals surface area contributed by atoms with Crippen LogP contribution in [0.5, 0.6) is 5.75 Å². The van der Waals surface area contributed by atoms with E-state index >= 15 is 0 Å². The van der Waals surface area contributed by atoms with E-state index in [0.717, 1.165) is 17.4 Å². The van der Waals surface area contributed by atoms with Crippen molar-refractivity contribution < 1.29 is 19.6 Å². The Hall–Kier alpha value is -2.64. The van der Waals surface area contributed by atoms with Crippen LogP contribution in [0.15, 0.2) is 18.2 Å². The molecule has 1 aromatic rings. The van der Waals surface area contributed by atoms with Gasteiger partial charge in [-0.3, -0.25) is 19.7 Å². The molecule has 0 saturated heterocycles. The number of benzene rings is 1. The van der Waals surface area contributed by atoms with Crippen LogP contribution in [0.1, 0.15) is 23.7 Å². The Labute approximate surface area is 121 Å². The molecule has 0 spiro atoms. The highest BCUT2D eigenvalue weighted by molar-refractivity contribution is 5.99. The second-order valence-electron chi connectivity index (χ2n) is 4.44. The third-order valence-corrected chi connectivity index (χ3v) is 2.74. The topological polar surface area (TPSA) is 113 Å². The van der Waals surface area contributed by atoms with Crippen molar-refractivity contribution in [3.05, 3.63) is 33.9 Å². The van der Waals surface area contributed by atoms with Crippen molar-refractivity contribution in [3.63, 3.8) is 0 Å². The number of carbonyl (C=O) groups excluding carboxylic acids is 2. The SMILES string of the molecule is CCCNC(=O)CN(C)C(=O)c1cccc([N+](=O)[O-])c1O. The monoisotopic (exact) mass is 295 g/mol. The summed E-state index contributed by atoms with van der Waals surface area (Å²) >= 11 is 0. The molecule has 0 aliphatic carbocycles. The zero-order valence-corrected chi connectivity index (χ0v) is 11.8. The summed E-state index contributed by atoms with van der Waals surface area (Å²) in [4.78, 5) is 34.7. The van der Waals surface area contributed by atoms with Gasteiger partial charge in [0.1, 0.15) is 0 Å². The van der Waals surface area contributed by atoms with E-state index in [1.165, 1.54) is 19.2 Å². The molecule has 0 aromatic heterocycles. The van der Waals surface area contributed by atoms with Gasteiger partial charge in [0.2, 0.25) is 11.7 Å². The van der Waals surface area contributed by atoms with Crippen LogP contribution in [0.4, 0.5) is 5.69 Å². The van der Waals surface area contributed by atoms with E-state index in [0.29, 0.717) is 6.54 Å². The molecule has 0 aliphatic rings. The number of aromatic hydroxyl groups is 1. The van der Waals surface area contributed by atoms with Gasteiger partial charge in [-0.25, -0.2) is 0 Å². The highest BCUT2D eigenvalue weighted by Crippen LogP contribution is 2.29. The zero-order chi connectivity index (χ0) is 16.0. The van der Waals surface area contributed by atoms with Crippen LogP contribution in [-0.2, 0) is 4.79 Å². The molecular weight excluding hydrogens is 278 g/mol. The summed E-state index contributed by atoms with van der Waals surface area (Å²) in [6, 6.07) is 3.67. The van der Waals surface area contributed by atoms with Crippen LogP contribution in [0.2, 0.25) is 0 Å². The number of nitrogens with one attached hydrogen (secondary N) is 1. The summed E-state index contributed by atoms with van der Waals surface area (Å²) in [5.74, 6) is -1.70. The number of amides is 2. The van der Waals surface area contributed by atoms with E-state index in [-0.39, 0.29) is 18.0 Å². The predicted octanol–water partition coefficient (Wildman–Crippen LogP) is 0.899. The van der Waals surface area contributed by atoms with E-state index in [2.05, 4.69) is 5.32 Å². The number of rotatable bonds is 6. The van der Waals surface area contributed by atoms with Crippen LogP contribution in [0.25, 0.3) is 0 Å². The number of likely N-dealkylation sites (N-methyl/N-ethyl adjacent to an activating group) is 1. The third kappa shape index (κ3) is 4.16. The molecule has 0 aliphatic heterocycles. The summed E-state index contributed by atoms with van der Waals surface area (Å²) in [6.07, 6.45) is 0.773. The maximum Gasteiger partial charge on any atom is 0.311 e. The molecule has 0 unspecified atom stereocenters. The van der Waals surface area contributed by atoms with Crippen LogP contribution < -0.4 is 5.32 Å². The van der Waals surface area contributed by atoms with Gasteiger partial charge >= 0.3 is 5.69 Å². The first kappa shape index (κ1) is 16.4. The van der Waals surface area contributed by atoms with Gasteiger partial charge in [-0.1, -0.05) is 13.0 Å². The molecule has 114 valence electrons. The Bertz CT molecular complexity index is 559. The van der Waals surface area contributed by atoms with Gasteiger partial charge < -0.3 is 15.3 Å². The Kier molecular flexibility index (Phi) is 5.65. The Morgan fingerprint density at radius 2 is 2.10 bits per heavy atom. The van der Waals surface area contributed by atoms with E-state index in [4.69, 9.17) is 0 Å². The standard InChI is InChI=1S/C13H17N3O5/c1-3-7-14-11(17)8-15(2)13(19)9-5-4-6-10(12(9)18)16(20)21/h4-6,18H,3,7-8H2,1-2H3,(H,14,17). The number of nitro benzene ring substituents is 1. The average molecular weight is 295 g/mol. The molecule has 0 atom stereocenters. The normalized spacial score (nSPS) is 10.0. The lowest BCUT2D eigenvalue weighted by Gasteiger charge is -2.17. The largest absolute Gasteiger partial charge is 0.502 e. The lowest BCUT2D eigenvalue weighted by atomic mass is 10.1. The first-order valence-corrected chi connectivity index (χ1v) is 6.37. The number of nitrogens with zero attached hydrogens (tertiary/aromatic N) is 2. The molecule has 0 saturated carbocycles. The molecule has 0 bridgehead atoms. The van der Waals surface area contributed by atoms with Crippen LogP contribution in [0.3, 0.4) is 0 Å². The summed E-state index contributed by atoms with van der Waals surface area (Å²) < 4.78 is 0. The number of hydrogen-bond acceptors (Lipinski definition) is 5. The maximum absolute atomic E-state index is 12.1. The number of para-hydroxylation sites is 1. The van der Waals surface area contributed by atoms with E-state index < -0.39 is 22.3 Å². The van der Waals surface area contributed by atoms with Gasteiger partial charge in [-0.05, 0) is 12.5 Å². The summed E-state index contributed by atoms with van der Waals surface area (Å²) in [6.45, 7) is 2.21. The van der Waals surface area contributed by atoms with E-state index in [1.54, 1.807) is 0 Å². The number of carbonyl (C=O) groups is 2. The lowest BCUT2D eigenvalue weighted by molar-refractivity contribution is -0.385. The molecule has 1 rings (SSSR count). The van der Waals surface area contributed by atoms with Crippen molar-refractivity contribution in [2.24, 2.45) is 0 Å².